The van der Waals surface area contributed by atoms with Crippen molar-refractivity contribution in [3.05, 3.63) is 65.7 Å². The van der Waals surface area contributed by atoms with E-state index >= 15 is 0 Å². The summed E-state index contributed by atoms with van der Waals surface area (Å²) in [6.07, 6.45) is 1.15. The second kappa shape index (κ2) is 7.38. The first-order valence-electron chi connectivity index (χ1n) is 9.22. The molecular formula is C21H24N2O3. The number of rotatable bonds is 3. The number of piperidine rings is 1. The fourth-order valence-electron chi connectivity index (χ4n) is 3.86. The third-order valence-electron chi connectivity index (χ3n) is 5.41. The zero-order chi connectivity index (χ0) is 17.9. The summed E-state index contributed by atoms with van der Waals surface area (Å²) in [4.78, 5) is 14.4. The highest BCUT2D eigenvalue weighted by Gasteiger charge is 2.31. The van der Waals surface area contributed by atoms with Crippen molar-refractivity contribution in [3.8, 4) is 5.75 Å². The van der Waals surface area contributed by atoms with Gasteiger partial charge in [0.05, 0.1) is 12.1 Å². The number of aliphatic hydroxyl groups excluding tert-OH is 1. The Morgan fingerprint density at radius 2 is 1.77 bits per heavy atom. The Bertz CT molecular complexity index is 757. The van der Waals surface area contributed by atoms with Crippen molar-refractivity contribution in [2.24, 2.45) is 5.92 Å². The number of aliphatic hydroxyl groups is 1. The van der Waals surface area contributed by atoms with E-state index in [1.165, 1.54) is 0 Å². The van der Waals surface area contributed by atoms with Gasteiger partial charge in [-0.2, -0.15) is 0 Å². The van der Waals surface area contributed by atoms with Crippen molar-refractivity contribution in [2.45, 2.75) is 25.0 Å². The molecule has 2 heterocycles. The number of amides is 2. The highest BCUT2D eigenvalue weighted by atomic mass is 16.5. The van der Waals surface area contributed by atoms with E-state index in [9.17, 15) is 9.90 Å². The molecule has 1 fully saturated rings. The summed E-state index contributed by atoms with van der Waals surface area (Å²) in [5.41, 5.74) is 1.99. The number of carbonyl (C=O) groups is 1. The van der Waals surface area contributed by atoms with E-state index in [2.05, 4.69) is 5.32 Å². The lowest BCUT2D eigenvalue weighted by Gasteiger charge is -2.34. The summed E-state index contributed by atoms with van der Waals surface area (Å²) in [5, 5.41) is 13.7. The van der Waals surface area contributed by atoms with E-state index < -0.39 is 6.10 Å². The lowest BCUT2D eigenvalue weighted by atomic mass is 9.87. The average Bonchev–Trinajstić information content (AvgIpc) is 3.11. The van der Waals surface area contributed by atoms with Gasteiger partial charge in [0.25, 0.3) is 0 Å². The topological polar surface area (TPSA) is 61.8 Å². The molecule has 2 atom stereocenters. The van der Waals surface area contributed by atoms with E-state index in [4.69, 9.17) is 4.74 Å². The van der Waals surface area contributed by atoms with Gasteiger partial charge in [0, 0.05) is 18.7 Å². The predicted octanol–water partition coefficient (Wildman–Crippen LogP) is 3.28. The van der Waals surface area contributed by atoms with E-state index in [0.29, 0.717) is 19.7 Å². The largest absolute Gasteiger partial charge is 0.491 e. The van der Waals surface area contributed by atoms with E-state index in [0.717, 1.165) is 29.7 Å². The first-order chi connectivity index (χ1) is 12.7. The highest BCUT2D eigenvalue weighted by molar-refractivity contribution is 5.75. The van der Waals surface area contributed by atoms with Crippen LogP contribution in [0.3, 0.4) is 0 Å². The van der Waals surface area contributed by atoms with Gasteiger partial charge in [-0.1, -0.05) is 48.5 Å². The number of para-hydroxylation sites is 1. The minimum atomic E-state index is -0.462. The quantitative estimate of drug-likeness (QED) is 0.891. The third-order valence-corrected chi connectivity index (χ3v) is 5.41. The van der Waals surface area contributed by atoms with Gasteiger partial charge in [-0.05, 0) is 30.4 Å². The van der Waals surface area contributed by atoms with Crippen LogP contribution in [-0.4, -0.2) is 35.7 Å². The van der Waals surface area contributed by atoms with E-state index in [1.54, 1.807) is 0 Å². The summed E-state index contributed by atoms with van der Waals surface area (Å²) >= 11 is 0. The number of ether oxygens (including phenoxy) is 1. The molecule has 0 spiro atoms. The van der Waals surface area contributed by atoms with Gasteiger partial charge in [-0.25, -0.2) is 4.79 Å². The van der Waals surface area contributed by atoms with Crippen LogP contribution in [0.4, 0.5) is 4.79 Å². The molecule has 2 aromatic carbocycles. The first-order valence-corrected chi connectivity index (χ1v) is 9.22. The van der Waals surface area contributed by atoms with Crippen molar-refractivity contribution < 1.29 is 14.6 Å². The van der Waals surface area contributed by atoms with Crippen molar-refractivity contribution in [1.82, 2.24) is 10.2 Å². The molecule has 0 unspecified atom stereocenters. The summed E-state index contributed by atoms with van der Waals surface area (Å²) in [6.45, 7) is 1.81. The fourth-order valence-corrected chi connectivity index (χ4v) is 3.86. The maximum absolute atomic E-state index is 12.6. The molecule has 0 aromatic heterocycles. The Hall–Kier alpha value is -2.53. The fraction of sp³-hybridized carbons (Fsp3) is 0.381. The van der Waals surface area contributed by atoms with Crippen LogP contribution >= 0.6 is 0 Å². The lowest BCUT2D eigenvalue weighted by Crippen LogP contribution is -2.46. The zero-order valence-electron chi connectivity index (χ0n) is 14.7. The van der Waals surface area contributed by atoms with Gasteiger partial charge in [-0.3, -0.25) is 0 Å². The number of fused-ring (bicyclic) bond motifs is 1. The molecule has 136 valence electrons. The Kier molecular flexibility index (Phi) is 4.80. The SMILES string of the molecule is O=C(N[C@H]1COc2ccccc21)N1CCC([C@@H](O)c2ccccc2)CC1. The number of carbonyl (C=O) groups excluding carboxylic acids is 1. The number of benzene rings is 2. The number of nitrogens with one attached hydrogen (secondary N) is 1. The Morgan fingerprint density at radius 3 is 2.54 bits per heavy atom. The van der Waals surface area contributed by atoms with Crippen molar-refractivity contribution >= 4 is 6.03 Å². The second-order valence-electron chi connectivity index (χ2n) is 7.03. The maximum Gasteiger partial charge on any atom is 0.318 e. The number of nitrogens with zero attached hydrogens (tertiary/aromatic N) is 1. The van der Waals surface area contributed by atoms with Gasteiger partial charge in [-0.15, -0.1) is 0 Å². The molecule has 0 bridgehead atoms. The monoisotopic (exact) mass is 352 g/mol. The van der Waals surface area contributed by atoms with Gasteiger partial charge in [0.2, 0.25) is 0 Å². The van der Waals surface area contributed by atoms with Crippen LogP contribution in [0.1, 0.15) is 36.1 Å². The Morgan fingerprint density at radius 1 is 1.08 bits per heavy atom. The Labute approximate surface area is 153 Å². The molecule has 2 amide bonds. The molecule has 0 saturated carbocycles. The zero-order valence-corrected chi connectivity index (χ0v) is 14.7. The molecule has 2 aliphatic heterocycles. The van der Waals surface area contributed by atoms with Gasteiger partial charge >= 0.3 is 6.03 Å². The number of likely N-dealkylation sites (tertiary alicyclic amines) is 1. The van der Waals surface area contributed by atoms with Crippen molar-refractivity contribution in [3.63, 3.8) is 0 Å². The summed E-state index contributed by atoms with van der Waals surface area (Å²) in [5.74, 6) is 1.04. The molecule has 1 saturated heterocycles. The summed E-state index contributed by atoms with van der Waals surface area (Å²) in [7, 11) is 0. The second-order valence-corrected chi connectivity index (χ2v) is 7.03. The highest BCUT2D eigenvalue weighted by Crippen LogP contribution is 2.33. The smallest absolute Gasteiger partial charge is 0.318 e. The molecule has 5 heteroatoms. The maximum atomic E-state index is 12.6. The first kappa shape index (κ1) is 16.9. The number of hydrogen-bond donors (Lipinski definition) is 2. The van der Waals surface area contributed by atoms with Crippen LogP contribution < -0.4 is 10.1 Å². The molecule has 5 nitrogen and oxygen atoms in total. The lowest BCUT2D eigenvalue weighted by molar-refractivity contribution is 0.0660. The van der Waals surface area contributed by atoms with Crippen LogP contribution in [0, 0.1) is 5.92 Å². The predicted molar refractivity (Wildman–Crippen MR) is 98.9 cm³/mol. The molecule has 0 radical (unpaired) electrons. The Balaban J connectivity index is 1.32. The van der Waals surface area contributed by atoms with E-state index in [-0.39, 0.29) is 18.0 Å². The average molecular weight is 352 g/mol. The molecule has 26 heavy (non-hydrogen) atoms. The molecule has 4 rings (SSSR count). The van der Waals surface area contributed by atoms with Crippen molar-refractivity contribution in [2.75, 3.05) is 19.7 Å². The standard InChI is InChI=1S/C21H24N2O3/c24-20(15-6-2-1-3-7-15)16-10-12-23(13-11-16)21(25)22-18-14-26-19-9-5-4-8-17(18)19/h1-9,16,18,20,24H,10-14H2,(H,22,25)/t18-,20-/m0/s1. The minimum absolute atomic E-state index is 0.0528. The van der Waals surface area contributed by atoms with Crippen LogP contribution in [0.2, 0.25) is 0 Å². The van der Waals surface area contributed by atoms with Crippen molar-refractivity contribution in [1.29, 1.82) is 0 Å². The number of urea groups is 1. The van der Waals surface area contributed by atoms with Crippen LogP contribution in [0.15, 0.2) is 54.6 Å². The summed E-state index contributed by atoms with van der Waals surface area (Å²) < 4.78 is 5.63. The van der Waals surface area contributed by atoms with E-state index in [1.807, 2.05) is 59.5 Å². The molecule has 2 N–H and O–H groups in total. The molecule has 0 aliphatic carbocycles. The van der Waals surface area contributed by atoms with Gasteiger partial charge < -0.3 is 20.1 Å². The molecule has 2 aliphatic rings. The van der Waals surface area contributed by atoms with Crippen LogP contribution in [0.25, 0.3) is 0 Å². The third kappa shape index (κ3) is 3.40. The molecular weight excluding hydrogens is 328 g/mol. The normalized spacial score (nSPS) is 21.0. The minimum Gasteiger partial charge on any atom is -0.491 e. The van der Waals surface area contributed by atoms with Gasteiger partial charge in [0.15, 0.2) is 0 Å². The van der Waals surface area contributed by atoms with Crippen LogP contribution in [-0.2, 0) is 0 Å². The summed E-state index contributed by atoms with van der Waals surface area (Å²) in [6, 6.07) is 17.4. The van der Waals surface area contributed by atoms with Gasteiger partial charge in [0.1, 0.15) is 12.4 Å². The number of hydrogen-bond acceptors (Lipinski definition) is 3. The van der Waals surface area contributed by atoms with Crippen LogP contribution in [0.5, 0.6) is 5.75 Å². The molecule has 2 aromatic rings.